The minimum atomic E-state index is -3.58. The molecule has 0 aliphatic carbocycles. The summed E-state index contributed by atoms with van der Waals surface area (Å²) >= 11 is 0. The van der Waals surface area contributed by atoms with Crippen molar-refractivity contribution < 1.29 is 12.8 Å². The number of nitrogens with one attached hydrogen (secondary N) is 1. The zero-order valence-corrected chi connectivity index (χ0v) is 11.6. The molecule has 1 unspecified atom stereocenters. The standard InChI is InChI=1S/C11H15FN2O2S.ClH/c1-9-8-13-5-6-14(9)17(15,16)11-4-2-3-10(12)7-11;/h2-4,7,9,13H,5-6,8H2,1H3;1H. The first-order valence-electron chi connectivity index (χ1n) is 5.50. The van der Waals surface area contributed by atoms with E-state index in [1.807, 2.05) is 6.92 Å². The highest BCUT2D eigenvalue weighted by Crippen LogP contribution is 2.19. The van der Waals surface area contributed by atoms with Crippen LogP contribution in [-0.4, -0.2) is 38.4 Å². The van der Waals surface area contributed by atoms with E-state index in [0.29, 0.717) is 19.6 Å². The summed E-state index contributed by atoms with van der Waals surface area (Å²) in [5, 5.41) is 3.12. The van der Waals surface area contributed by atoms with Crippen molar-refractivity contribution >= 4 is 22.4 Å². The summed E-state index contributed by atoms with van der Waals surface area (Å²) in [4.78, 5) is 0.0197. The van der Waals surface area contributed by atoms with E-state index in [4.69, 9.17) is 0 Å². The molecule has 1 aromatic rings. The Bertz CT molecular complexity index is 510. The zero-order chi connectivity index (χ0) is 12.5. The maximum absolute atomic E-state index is 13.1. The summed E-state index contributed by atoms with van der Waals surface area (Å²) in [6, 6.07) is 5.02. The molecule has 1 fully saturated rings. The van der Waals surface area contributed by atoms with Crippen LogP contribution in [0.1, 0.15) is 6.92 Å². The number of piperazine rings is 1. The summed E-state index contributed by atoms with van der Waals surface area (Å²) in [6.07, 6.45) is 0. The van der Waals surface area contributed by atoms with Crippen LogP contribution in [0, 0.1) is 5.82 Å². The highest BCUT2D eigenvalue weighted by Gasteiger charge is 2.30. The van der Waals surface area contributed by atoms with E-state index >= 15 is 0 Å². The quantitative estimate of drug-likeness (QED) is 0.892. The van der Waals surface area contributed by atoms with E-state index in [-0.39, 0.29) is 23.3 Å². The Morgan fingerprint density at radius 3 is 2.78 bits per heavy atom. The molecule has 1 saturated heterocycles. The Labute approximate surface area is 113 Å². The smallest absolute Gasteiger partial charge is 0.243 e. The van der Waals surface area contributed by atoms with Crippen LogP contribution in [-0.2, 0) is 10.0 Å². The molecule has 0 aromatic heterocycles. The van der Waals surface area contributed by atoms with E-state index in [1.165, 1.54) is 22.5 Å². The molecule has 1 aliphatic rings. The van der Waals surface area contributed by atoms with E-state index < -0.39 is 15.8 Å². The summed E-state index contributed by atoms with van der Waals surface area (Å²) in [6.45, 7) is 3.50. The van der Waals surface area contributed by atoms with E-state index in [1.54, 1.807) is 0 Å². The molecule has 7 heteroatoms. The molecular weight excluding hydrogens is 279 g/mol. The molecule has 0 saturated carbocycles. The third-order valence-corrected chi connectivity index (χ3v) is 4.85. The molecule has 0 amide bonds. The van der Waals surface area contributed by atoms with Gasteiger partial charge < -0.3 is 5.32 Å². The van der Waals surface area contributed by atoms with Crippen molar-refractivity contribution in [1.82, 2.24) is 9.62 Å². The Balaban J connectivity index is 0.00000162. The van der Waals surface area contributed by atoms with Crippen LogP contribution in [0.2, 0.25) is 0 Å². The molecule has 0 radical (unpaired) electrons. The molecule has 1 atom stereocenters. The number of hydrogen-bond acceptors (Lipinski definition) is 3. The van der Waals surface area contributed by atoms with Crippen LogP contribution >= 0.6 is 12.4 Å². The average molecular weight is 295 g/mol. The lowest BCUT2D eigenvalue weighted by Gasteiger charge is -2.32. The van der Waals surface area contributed by atoms with Gasteiger partial charge in [0.25, 0.3) is 0 Å². The minimum Gasteiger partial charge on any atom is -0.314 e. The van der Waals surface area contributed by atoms with Gasteiger partial charge in [0.05, 0.1) is 4.90 Å². The van der Waals surface area contributed by atoms with Crippen molar-refractivity contribution in [3.05, 3.63) is 30.1 Å². The van der Waals surface area contributed by atoms with Crippen LogP contribution in [0.4, 0.5) is 4.39 Å². The third kappa shape index (κ3) is 3.00. The number of benzene rings is 1. The molecule has 4 nitrogen and oxygen atoms in total. The van der Waals surface area contributed by atoms with E-state index in [2.05, 4.69) is 5.32 Å². The summed E-state index contributed by atoms with van der Waals surface area (Å²) in [7, 11) is -3.58. The van der Waals surface area contributed by atoms with Gasteiger partial charge in [-0.25, -0.2) is 12.8 Å². The van der Waals surface area contributed by atoms with Gasteiger partial charge in [0.1, 0.15) is 5.82 Å². The van der Waals surface area contributed by atoms with Crippen molar-refractivity contribution in [3.8, 4) is 0 Å². The van der Waals surface area contributed by atoms with Crippen molar-refractivity contribution in [3.63, 3.8) is 0 Å². The molecule has 2 rings (SSSR count). The van der Waals surface area contributed by atoms with Crippen LogP contribution in [0.25, 0.3) is 0 Å². The van der Waals surface area contributed by atoms with Gasteiger partial charge in [-0.2, -0.15) is 4.31 Å². The van der Waals surface area contributed by atoms with Crippen LogP contribution in [0.15, 0.2) is 29.2 Å². The largest absolute Gasteiger partial charge is 0.314 e. The van der Waals surface area contributed by atoms with Crippen LogP contribution in [0.3, 0.4) is 0 Å². The molecule has 1 heterocycles. The van der Waals surface area contributed by atoms with E-state index in [0.717, 1.165) is 6.07 Å². The number of hydrogen-bond donors (Lipinski definition) is 1. The molecular formula is C11H16ClFN2O2S. The fourth-order valence-corrected chi connectivity index (χ4v) is 3.61. The van der Waals surface area contributed by atoms with Gasteiger partial charge >= 0.3 is 0 Å². The summed E-state index contributed by atoms with van der Waals surface area (Å²) in [5.74, 6) is -0.533. The van der Waals surface area contributed by atoms with Crippen molar-refractivity contribution in [2.45, 2.75) is 17.9 Å². The number of rotatable bonds is 2. The lowest BCUT2D eigenvalue weighted by atomic mass is 10.3. The van der Waals surface area contributed by atoms with Crippen molar-refractivity contribution in [2.24, 2.45) is 0 Å². The fraction of sp³-hybridized carbons (Fsp3) is 0.455. The molecule has 0 spiro atoms. The maximum Gasteiger partial charge on any atom is 0.243 e. The Kier molecular flexibility index (Phi) is 5.10. The second-order valence-corrected chi connectivity index (χ2v) is 6.02. The van der Waals surface area contributed by atoms with E-state index in [9.17, 15) is 12.8 Å². The van der Waals surface area contributed by atoms with Gasteiger partial charge in [0, 0.05) is 25.7 Å². The van der Waals surface area contributed by atoms with Gasteiger partial charge in [0.15, 0.2) is 0 Å². The Morgan fingerprint density at radius 2 is 2.17 bits per heavy atom. The van der Waals surface area contributed by atoms with Crippen molar-refractivity contribution in [2.75, 3.05) is 19.6 Å². The van der Waals surface area contributed by atoms with Gasteiger partial charge in [-0.15, -0.1) is 12.4 Å². The molecule has 1 aliphatic heterocycles. The molecule has 0 bridgehead atoms. The van der Waals surface area contributed by atoms with Gasteiger partial charge in [-0.3, -0.25) is 0 Å². The second kappa shape index (κ2) is 5.97. The summed E-state index contributed by atoms with van der Waals surface area (Å²) < 4.78 is 39.0. The van der Waals surface area contributed by atoms with Crippen LogP contribution < -0.4 is 5.32 Å². The summed E-state index contributed by atoms with van der Waals surface area (Å²) in [5.41, 5.74) is 0. The monoisotopic (exact) mass is 294 g/mol. The molecule has 1 N–H and O–H groups in total. The van der Waals surface area contributed by atoms with Gasteiger partial charge in [0.2, 0.25) is 10.0 Å². The second-order valence-electron chi connectivity index (χ2n) is 4.13. The van der Waals surface area contributed by atoms with Gasteiger partial charge in [-0.05, 0) is 25.1 Å². The van der Waals surface area contributed by atoms with Gasteiger partial charge in [-0.1, -0.05) is 6.07 Å². The molecule has 1 aromatic carbocycles. The van der Waals surface area contributed by atoms with Crippen LogP contribution in [0.5, 0.6) is 0 Å². The average Bonchev–Trinajstić information content (AvgIpc) is 2.29. The topological polar surface area (TPSA) is 49.4 Å². The lowest BCUT2D eigenvalue weighted by Crippen LogP contribution is -2.52. The highest BCUT2D eigenvalue weighted by molar-refractivity contribution is 7.89. The number of sulfonamides is 1. The fourth-order valence-electron chi connectivity index (χ4n) is 1.94. The normalized spacial score (nSPS) is 21.3. The highest BCUT2D eigenvalue weighted by atomic mass is 35.5. The first kappa shape index (κ1) is 15.4. The SMILES string of the molecule is CC1CNCCN1S(=O)(=O)c1cccc(F)c1.Cl. The zero-order valence-electron chi connectivity index (χ0n) is 9.97. The predicted molar refractivity (Wildman–Crippen MR) is 69.9 cm³/mol. The van der Waals surface area contributed by atoms with Crippen molar-refractivity contribution in [1.29, 1.82) is 0 Å². The number of halogens is 2. The minimum absolute atomic E-state index is 0. The molecule has 18 heavy (non-hydrogen) atoms. The maximum atomic E-state index is 13.1. The Hall–Kier alpha value is -0.690. The first-order valence-corrected chi connectivity index (χ1v) is 6.94. The Morgan fingerprint density at radius 1 is 1.44 bits per heavy atom. The first-order chi connectivity index (χ1) is 8.01. The lowest BCUT2D eigenvalue weighted by molar-refractivity contribution is 0.284. The number of nitrogens with zero attached hydrogens (tertiary/aromatic N) is 1. The molecule has 102 valence electrons. The predicted octanol–water partition coefficient (Wildman–Crippen LogP) is 1.23. The third-order valence-electron chi connectivity index (χ3n) is 2.84.